The Labute approximate surface area is 84.3 Å². The summed E-state index contributed by atoms with van der Waals surface area (Å²) in [5.41, 5.74) is -1.57. The van der Waals surface area contributed by atoms with Crippen molar-refractivity contribution in [2.75, 3.05) is 6.54 Å². The molecule has 4 heteroatoms. The Morgan fingerprint density at radius 1 is 1.57 bits per heavy atom. The predicted octanol–water partition coefficient (Wildman–Crippen LogP) is 0.744. The number of hydrogen-bond acceptors (Lipinski definition) is 3. The van der Waals surface area contributed by atoms with Crippen LogP contribution in [0.3, 0.4) is 0 Å². The van der Waals surface area contributed by atoms with E-state index in [0.717, 1.165) is 19.3 Å². The largest absolute Gasteiger partial charge is 0.479 e. The van der Waals surface area contributed by atoms with Gasteiger partial charge < -0.3 is 15.5 Å². The molecular formula is C10H19NO3. The quantitative estimate of drug-likeness (QED) is 0.613. The summed E-state index contributed by atoms with van der Waals surface area (Å²) >= 11 is 0. The van der Waals surface area contributed by atoms with Gasteiger partial charge >= 0.3 is 5.97 Å². The highest BCUT2D eigenvalue weighted by Crippen LogP contribution is 2.34. The summed E-state index contributed by atoms with van der Waals surface area (Å²) in [4.78, 5) is 10.6. The fourth-order valence-electron chi connectivity index (χ4n) is 1.69. The van der Waals surface area contributed by atoms with Crippen molar-refractivity contribution >= 4 is 5.97 Å². The highest BCUT2D eigenvalue weighted by atomic mass is 16.4. The molecular weight excluding hydrogens is 182 g/mol. The first-order chi connectivity index (χ1) is 6.42. The molecule has 4 nitrogen and oxygen atoms in total. The van der Waals surface area contributed by atoms with Crippen LogP contribution < -0.4 is 5.32 Å². The molecule has 0 spiro atoms. The van der Waals surface area contributed by atoms with E-state index in [9.17, 15) is 9.90 Å². The molecule has 0 aromatic heterocycles. The number of carboxylic acids is 1. The van der Waals surface area contributed by atoms with Gasteiger partial charge in [0.05, 0.1) is 0 Å². The summed E-state index contributed by atoms with van der Waals surface area (Å²) in [7, 11) is 0. The van der Waals surface area contributed by atoms with Crippen LogP contribution in [0.25, 0.3) is 0 Å². The summed E-state index contributed by atoms with van der Waals surface area (Å²) in [5.74, 6) is -1.17. The number of aliphatic hydroxyl groups is 1. The second kappa shape index (κ2) is 3.87. The maximum Gasteiger partial charge on any atom is 0.336 e. The van der Waals surface area contributed by atoms with Crippen molar-refractivity contribution in [2.45, 2.75) is 50.7 Å². The van der Waals surface area contributed by atoms with Gasteiger partial charge in [-0.05, 0) is 32.6 Å². The van der Waals surface area contributed by atoms with Crippen LogP contribution in [0.4, 0.5) is 0 Å². The van der Waals surface area contributed by atoms with Gasteiger partial charge in [0.25, 0.3) is 0 Å². The molecule has 3 N–H and O–H groups in total. The molecule has 1 rings (SSSR count). The summed E-state index contributed by atoms with van der Waals surface area (Å²) < 4.78 is 0. The SMILES string of the molecule is CCC1(NCC(C)(O)C(=O)O)CCC1. The van der Waals surface area contributed by atoms with Crippen LogP contribution in [-0.4, -0.2) is 33.9 Å². The van der Waals surface area contributed by atoms with E-state index in [-0.39, 0.29) is 12.1 Å². The molecule has 14 heavy (non-hydrogen) atoms. The minimum absolute atomic E-state index is 0.0828. The van der Waals surface area contributed by atoms with Crippen molar-refractivity contribution < 1.29 is 15.0 Å². The Morgan fingerprint density at radius 3 is 2.43 bits per heavy atom. The van der Waals surface area contributed by atoms with E-state index in [4.69, 9.17) is 5.11 Å². The first kappa shape index (κ1) is 11.5. The molecule has 0 aromatic rings. The van der Waals surface area contributed by atoms with Gasteiger partial charge in [-0.15, -0.1) is 0 Å². The molecule has 82 valence electrons. The lowest BCUT2D eigenvalue weighted by Gasteiger charge is -2.43. The average molecular weight is 201 g/mol. The standard InChI is InChI=1S/C10H19NO3/c1-3-10(5-4-6-10)11-7-9(2,14)8(12)13/h11,14H,3-7H2,1-2H3,(H,12,13). The molecule has 1 unspecified atom stereocenters. The minimum Gasteiger partial charge on any atom is -0.479 e. The Morgan fingerprint density at radius 2 is 2.14 bits per heavy atom. The van der Waals surface area contributed by atoms with E-state index in [1.54, 1.807) is 0 Å². The highest BCUT2D eigenvalue weighted by Gasteiger charge is 2.38. The Bertz CT molecular complexity index is 216. The maximum atomic E-state index is 10.6. The average Bonchev–Trinajstić information content (AvgIpc) is 2.02. The van der Waals surface area contributed by atoms with Crippen LogP contribution >= 0.6 is 0 Å². The van der Waals surface area contributed by atoms with Gasteiger partial charge in [0.1, 0.15) is 0 Å². The fraction of sp³-hybridized carbons (Fsp3) is 0.900. The zero-order chi connectivity index (χ0) is 10.8. The molecule has 0 amide bonds. The zero-order valence-electron chi connectivity index (χ0n) is 8.84. The Kier molecular flexibility index (Phi) is 3.17. The number of rotatable bonds is 5. The van der Waals surface area contributed by atoms with E-state index in [2.05, 4.69) is 12.2 Å². The molecule has 0 aromatic carbocycles. The molecule has 1 aliphatic rings. The second-order valence-corrected chi connectivity index (χ2v) is 4.42. The van der Waals surface area contributed by atoms with Gasteiger partial charge in [-0.25, -0.2) is 4.79 Å². The maximum absolute atomic E-state index is 10.6. The van der Waals surface area contributed by atoms with Gasteiger partial charge in [-0.1, -0.05) is 6.92 Å². The van der Waals surface area contributed by atoms with E-state index >= 15 is 0 Å². The number of aliphatic carboxylic acids is 1. The molecule has 0 bridgehead atoms. The zero-order valence-corrected chi connectivity index (χ0v) is 8.84. The van der Waals surface area contributed by atoms with E-state index in [0.29, 0.717) is 0 Å². The fourth-order valence-corrected chi connectivity index (χ4v) is 1.69. The summed E-state index contributed by atoms with van der Waals surface area (Å²) in [5, 5.41) is 21.4. The Balaban J connectivity index is 2.43. The van der Waals surface area contributed by atoms with Crippen LogP contribution in [-0.2, 0) is 4.79 Å². The van der Waals surface area contributed by atoms with E-state index in [1.165, 1.54) is 13.3 Å². The lowest BCUT2D eigenvalue weighted by Crippen LogP contribution is -2.56. The third kappa shape index (κ3) is 2.25. The third-order valence-corrected chi connectivity index (χ3v) is 3.26. The van der Waals surface area contributed by atoms with Crippen molar-refractivity contribution in [3.8, 4) is 0 Å². The van der Waals surface area contributed by atoms with Crippen LogP contribution in [0.1, 0.15) is 39.5 Å². The molecule has 1 fully saturated rings. The molecule has 1 saturated carbocycles. The monoisotopic (exact) mass is 201 g/mol. The predicted molar refractivity (Wildman–Crippen MR) is 53.1 cm³/mol. The van der Waals surface area contributed by atoms with Crippen molar-refractivity contribution in [3.05, 3.63) is 0 Å². The third-order valence-electron chi connectivity index (χ3n) is 3.26. The van der Waals surface area contributed by atoms with E-state index in [1.807, 2.05) is 0 Å². The minimum atomic E-state index is -1.65. The first-order valence-corrected chi connectivity index (χ1v) is 5.13. The second-order valence-electron chi connectivity index (χ2n) is 4.42. The van der Waals surface area contributed by atoms with Gasteiger partial charge in [0.15, 0.2) is 5.60 Å². The lowest BCUT2D eigenvalue weighted by atomic mass is 9.74. The first-order valence-electron chi connectivity index (χ1n) is 5.13. The smallest absolute Gasteiger partial charge is 0.336 e. The summed E-state index contributed by atoms with van der Waals surface area (Å²) in [6.07, 6.45) is 4.34. The Hall–Kier alpha value is -0.610. The van der Waals surface area contributed by atoms with Crippen LogP contribution in [0.5, 0.6) is 0 Å². The summed E-state index contributed by atoms with van der Waals surface area (Å²) in [6, 6.07) is 0. The van der Waals surface area contributed by atoms with Crippen molar-refractivity contribution in [2.24, 2.45) is 0 Å². The molecule has 0 saturated heterocycles. The molecule has 0 aliphatic heterocycles. The van der Waals surface area contributed by atoms with Gasteiger partial charge in [-0.2, -0.15) is 0 Å². The summed E-state index contributed by atoms with van der Waals surface area (Å²) in [6.45, 7) is 3.53. The molecule has 1 aliphatic carbocycles. The normalized spacial score (nSPS) is 23.6. The molecule has 1 atom stereocenters. The number of β-amino-alcohol motifs (C(OH)–C–C–N with tert-alkyl or cyclic N) is 1. The van der Waals surface area contributed by atoms with Crippen molar-refractivity contribution in [1.29, 1.82) is 0 Å². The van der Waals surface area contributed by atoms with Crippen molar-refractivity contribution in [3.63, 3.8) is 0 Å². The number of nitrogens with one attached hydrogen (secondary N) is 1. The number of carboxylic acid groups (broad SMARTS) is 1. The van der Waals surface area contributed by atoms with Gasteiger partial charge in [0, 0.05) is 12.1 Å². The molecule has 0 radical (unpaired) electrons. The topological polar surface area (TPSA) is 69.6 Å². The van der Waals surface area contributed by atoms with Crippen LogP contribution in [0.15, 0.2) is 0 Å². The van der Waals surface area contributed by atoms with Crippen LogP contribution in [0, 0.1) is 0 Å². The van der Waals surface area contributed by atoms with E-state index < -0.39 is 11.6 Å². The van der Waals surface area contributed by atoms with Gasteiger partial charge in [-0.3, -0.25) is 0 Å². The highest BCUT2D eigenvalue weighted by molar-refractivity contribution is 5.76. The lowest BCUT2D eigenvalue weighted by molar-refractivity contribution is -0.156. The van der Waals surface area contributed by atoms with Crippen LogP contribution in [0.2, 0.25) is 0 Å². The molecule has 0 heterocycles. The number of carbonyl (C=O) groups is 1. The number of hydrogen-bond donors (Lipinski definition) is 3. The van der Waals surface area contributed by atoms with Crippen molar-refractivity contribution in [1.82, 2.24) is 5.32 Å². The van der Waals surface area contributed by atoms with Gasteiger partial charge in [0.2, 0.25) is 0 Å².